The van der Waals surface area contributed by atoms with Crippen LogP contribution in [0.1, 0.15) is 18.1 Å². The van der Waals surface area contributed by atoms with Gasteiger partial charge in [-0.15, -0.1) is 4.99 Å². The van der Waals surface area contributed by atoms with Crippen molar-refractivity contribution in [2.24, 2.45) is 4.99 Å². The number of nitriles is 1. The van der Waals surface area contributed by atoms with E-state index >= 15 is 0 Å². The number of hydrogen-bond donors (Lipinski definition) is 0. The Bertz CT molecular complexity index is 691. The third-order valence-corrected chi connectivity index (χ3v) is 4.90. The number of carbonyl (C=O) groups is 1. The molecule has 134 valence electrons. The molecule has 0 spiro atoms. The minimum atomic E-state index is -0.528. The molecule has 2 rings (SSSR count). The average Bonchev–Trinajstić information content (AvgIpc) is 2.62. The van der Waals surface area contributed by atoms with Crippen molar-refractivity contribution in [2.75, 3.05) is 32.4 Å². The molecule has 6 nitrogen and oxygen atoms in total. The van der Waals surface area contributed by atoms with Crippen molar-refractivity contribution < 1.29 is 9.53 Å². The summed E-state index contributed by atoms with van der Waals surface area (Å²) in [5.74, 6) is 0.744. The van der Waals surface area contributed by atoms with Crippen molar-refractivity contribution in [2.45, 2.75) is 26.9 Å². The van der Waals surface area contributed by atoms with E-state index in [2.05, 4.69) is 4.99 Å². The zero-order valence-corrected chi connectivity index (χ0v) is 16.0. The molecule has 1 aromatic carbocycles. The van der Waals surface area contributed by atoms with Crippen LogP contribution in [0.25, 0.3) is 0 Å². The summed E-state index contributed by atoms with van der Waals surface area (Å²) in [5.41, 5.74) is 2.13. The van der Waals surface area contributed by atoms with Gasteiger partial charge in [-0.25, -0.2) is 0 Å². The first-order chi connectivity index (χ1) is 12.0. The second kappa shape index (κ2) is 8.77. The van der Waals surface area contributed by atoms with Gasteiger partial charge in [0.15, 0.2) is 11.3 Å². The normalized spacial score (nSPS) is 16.4. The molecule has 0 radical (unpaired) electrons. The highest BCUT2D eigenvalue weighted by atomic mass is 32.2. The number of ether oxygens (including phenoxy) is 1. The monoisotopic (exact) mass is 360 g/mol. The quantitative estimate of drug-likeness (QED) is 0.470. The lowest BCUT2D eigenvalue weighted by atomic mass is 10.1. The molecule has 1 aliphatic heterocycles. The van der Waals surface area contributed by atoms with Crippen LogP contribution in [-0.2, 0) is 4.79 Å². The van der Waals surface area contributed by atoms with E-state index in [4.69, 9.17) is 10.00 Å². The summed E-state index contributed by atoms with van der Waals surface area (Å²) in [6.07, 6.45) is 3.20. The molecule has 1 saturated heterocycles. The van der Waals surface area contributed by atoms with E-state index in [1.165, 1.54) is 11.8 Å². The van der Waals surface area contributed by atoms with Gasteiger partial charge in [-0.05, 0) is 44.2 Å². The highest BCUT2D eigenvalue weighted by molar-refractivity contribution is 8.13. The Morgan fingerprint density at radius 3 is 2.52 bits per heavy atom. The molecule has 1 unspecified atom stereocenters. The predicted molar refractivity (Wildman–Crippen MR) is 101 cm³/mol. The van der Waals surface area contributed by atoms with E-state index in [0.717, 1.165) is 16.9 Å². The summed E-state index contributed by atoms with van der Waals surface area (Å²) in [5, 5.41) is 9.44. The molecule has 1 heterocycles. The molecule has 7 heteroatoms. The smallest absolute Gasteiger partial charge is 0.263 e. The zero-order valence-electron chi connectivity index (χ0n) is 15.2. The van der Waals surface area contributed by atoms with Crippen molar-refractivity contribution in [3.05, 3.63) is 29.3 Å². The summed E-state index contributed by atoms with van der Waals surface area (Å²) < 4.78 is 5.90. The average molecular weight is 360 g/mol. The van der Waals surface area contributed by atoms with Crippen molar-refractivity contribution in [3.63, 3.8) is 0 Å². The van der Waals surface area contributed by atoms with Crippen LogP contribution in [-0.4, -0.2) is 59.4 Å². The van der Waals surface area contributed by atoms with Gasteiger partial charge in [0.1, 0.15) is 5.75 Å². The molecule has 1 aromatic rings. The number of hydrogen-bond acceptors (Lipinski definition) is 5. The van der Waals surface area contributed by atoms with Crippen molar-refractivity contribution in [1.82, 2.24) is 9.80 Å². The molecule has 1 fully saturated rings. The number of amidine groups is 1. The van der Waals surface area contributed by atoms with E-state index in [0.29, 0.717) is 31.3 Å². The minimum absolute atomic E-state index is 0.0107. The summed E-state index contributed by atoms with van der Waals surface area (Å²) in [6.45, 7) is 8.32. The van der Waals surface area contributed by atoms with Gasteiger partial charge in [-0.1, -0.05) is 23.9 Å². The number of carbonyl (C=O) groups excluding carboxylic acids is 1. The van der Waals surface area contributed by atoms with Crippen molar-refractivity contribution in [3.8, 4) is 11.9 Å². The Kier molecular flexibility index (Phi) is 6.71. The second-order valence-electron chi connectivity index (χ2n) is 6.04. The molecule has 0 bridgehead atoms. The maximum Gasteiger partial charge on any atom is 0.263 e. The third-order valence-electron chi connectivity index (χ3n) is 4.19. The Labute approximate surface area is 153 Å². The minimum Gasteiger partial charge on any atom is -0.481 e. The summed E-state index contributed by atoms with van der Waals surface area (Å²) in [4.78, 5) is 20.3. The number of amides is 1. The fraction of sp³-hybridized carbons (Fsp3) is 0.500. The Balaban J connectivity index is 1.94. The first-order valence-electron chi connectivity index (χ1n) is 8.24. The standard InChI is InChI=1S/C18H24N4O2S/c1-13-5-6-14(2)16(11-13)24-15(3)17(23)21-7-9-22(10-8-21)18(25-4)20-12-19/h5-6,11,15H,7-10H2,1-4H3/b20-18-. The molecule has 1 amide bonds. The maximum absolute atomic E-state index is 12.7. The van der Waals surface area contributed by atoms with Crippen LogP contribution in [0, 0.1) is 25.3 Å². The predicted octanol–water partition coefficient (Wildman–Crippen LogP) is 2.42. The number of aliphatic imine (C=N–C) groups is 1. The van der Waals surface area contributed by atoms with E-state index in [-0.39, 0.29) is 5.91 Å². The number of aryl methyl sites for hydroxylation is 2. The highest BCUT2D eigenvalue weighted by Crippen LogP contribution is 2.21. The van der Waals surface area contributed by atoms with Gasteiger partial charge in [0.2, 0.25) is 6.19 Å². The Morgan fingerprint density at radius 2 is 1.92 bits per heavy atom. The maximum atomic E-state index is 12.7. The second-order valence-corrected chi connectivity index (χ2v) is 6.81. The van der Waals surface area contributed by atoms with Gasteiger partial charge >= 0.3 is 0 Å². The number of thioether (sulfide) groups is 1. The third kappa shape index (κ3) is 4.89. The lowest BCUT2D eigenvalue weighted by molar-refractivity contribution is -0.139. The van der Waals surface area contributed by atoms with Gasteiger partial charge in [-0.2, -0.15) is 5.26 Å². The van der Waals surface area contributed by atoms with E-state index in [1.807, 2.05) is 54.3 Å². The van der Waals surface area contributed by atoms with Crippen LogP contribution in [0.3, 0.4) is 0 Å². The summed E-state index contributed by atoms with van der Waals surface area (Å²) in [7, 11) is 0. The van der Waals surface area contributed by atoms with Gasteiger partial charge in [0.25, 0.3) is 5.91 Å². The number of benzene rings is 1. The van der Waals surface area contributed by atoms with E-state index in [9.17, 15) is 4.79 Å². The highest BCUT2D eigenvalue weighted by Gasteiger charge is 2.27. The number of nitrogens with zero attached hydrogens (tertiary/aromatic N) is 4. The zero-order chi connectivity index (χ0) is 18.4. The fourth-order valence-corrected chi connectivity index (χ4v) is 3.31. The molecule has 0 aliphatic carbocycles. The van der Waals surface area contributed by atoms with Crippen LogP contribution in [0.5, 0.6) is 5.75 Å². The lowest BCUT2D eigenvalue weighted by Gasteiger charge is -2.36. The molecular formula is C18H24N4O2S. The first-order valence-corrected chi connectivity index (χ1v) is 9.47. The van der Waals surface area contributed by atoms with Crippen LogP contribution in [0.2, 0.25) is 0 Å². The largest absolute Gasteiger partial charge is 0.481 e. The Hall–Kier alpha value is -2.20. The van der Waals surface area contributed by atoms with Gasteiger partial charge in [-0.3, -0.25) is 4.79 Å². The lowest BCUT2D eigenvalue weighted by Crippen LogP contribution is -2.52. The molecule has 0 N–H and O–H groups in total. The van der Waals surface area contributed by atoms with Crippen molar-refractivity contribution >= 4 is 22.8 Å². The SMILES string of the molecule is CS/C(=N\C#N)N1CCN(C(=O)C(C)Oc2cc(C)ccc2C)CC1. The number of rotatable bonds is 3. The van der Waals surface area contributed by atoms with Gasteiger partial charge in [0, 0.05) is 26.2 Å². The number of piperazine rings is 1. The fourth-order valence-electron chi connectivity index (χ4n) is 2.74. The molecule has 0 aromatic heterocycles. The summed E-state index contributed by atoms with van der Waals surface area (Å²) in [6, 6.07) is 5.99. The van der Waals surface area contributed by atoms with Crippen LogP contribution < -0.4 is 4.74 Å². The Morgan fingerprint density at radius 1 is 1.28 bits per heavy atom. The first kappa shape index (κ1) is 19.1. The van der Waals surface area contributed by atoms with Crippen LogP contribution in [0.15, 0.2) is 23.2 Å². The van der Waals surface area contributed by atoms with Crippen LogP contribution >= 0.6 is 11.8 Å². The topological polar surface area (TPSA) is 68.9 Å². The van der Waals surface area contributed by atoms with E-state index in [1.54, 1.807) is 6.92 Å². The molecular weight excluding hydrogens is 336 g/mol. The van der Waals surface area contributed by atoms with E-state index < -0.39 is 6.10 Å². The summed E-state index contributed by atoms with van der Waals surface area (Å²) >= 11 is 1.45. The molecule has 0 saturated carbocycles. The molecule has 1 aliphatic rings. The molecule has 1 atom stereocenters. The molecule has 25 heavy (non-hydrogen) atoms. The van der Waals surface area contributed by atoms with Gasteiger partial charge in [0.05, 0.1) is 0 Å². The van der Waals surface area contributed by atoms with Gasteiger partial charge < -0.3 is 14.5 Å². The van der Waals surface area contributed by atoms with Crippen molar-refractivity contribution in [1.29, 1.82) is 5.26 Å². The van der Waals surface area contributed by atoms with Crippen LogP contribution in [0.4, 0.5) is 0 Å².